The predicted octanol–water partition coefficient (Wildman–Crippen LogP) is 2.97. The first-order chi connectivity index (χ1) is 8.47. The fraction of sp³-hybridized carbons (Fsp3) is 0.500. The molecule has 0 aliphatic carbocycles. The number of carbonyl (C=O) groups is 1. The average Bonchev–Trinajstić information content (AvgIpc) is 2.38. The summed E-state index contributed by atoms with van der Waals surface area (Å²) in [4.78, 5) is 13.6. The van der Waals surface area contributed by atoms with E-state index in [9.17, 15) is 4.79 Å². The van der Waals surface area contributed by atoms with Crippen LogP contribution in [0.5, 0.6) is 0 Å². The lowest BCUT2D eigenvalue weighted by Gasteiger charge is -2.28. The smallest absolute Gasteiger partial charge is 0.309 e. The van der Waals surface area contributed by atoms with Gasteiger partial charge in [0.15, 0.2) is 0 Å². The van der Waals surface area contributed by atoms with Gasteiger partial charge >= 0.3 is 5.97 Å². The molecule has 4 heteroatoms. The van der Waals surface area contributed by atoms with Crippen LogP contribution in [0, 0.1) is 5.92 Å². The highest BCUT2D eigenvalue weighted by Crippen LogP contribution is 2.19. The zero-order chi connectivity index (χ0) is 13.7. The van der Waals surface area contributed by atoms with Crippen molar-refractivity contribution in [3.8, 4) is 0 Å². The minimum atomic E-state index is -0.187. The Morgan fingerprint density at radius 2 is 2.00 bits per heavy atom. The molecule has 18 heavy (non-hydrogen) atoms. The van der Waals surface area contributed by atoms with E-state index in [0.717, 1.165) is 10.6 Å². The molecule has 0 aromatic heterocycles. The quantitative estimate of drug-likeness (QED) is 0.770. The molecule has 1 rings (SSSR count). The topological polar surface area (TPSA) is 29.5 Å². The molecule has 0 aliphatic heterocycles. The molecule has 0 amide bonds. The second kappa shape index (κ2) is 6.76. The van der Waals surface area contributed by atoms with Gasteiger partial charge in [-0.05, 0) is 25.6 Å². The highest BCUT2D eigenvalue weighted by Gasteiger charge is 2.24. The van der Waals surface area contributed by atoms with Crippen LogP contribution in [0.1, 0.15) is 19.4 Å². The summed E-state index contributed by atoms with van der Waals surface area (Å²) in [5.41, 5.74) is 1.06. The Morgan fingerprint density at radius 3 is 2.56 bits per heavy atom. The first-order valence-corrected chi connectivity index (χ1v) is 6.36. The molecule has 0 spiro atoms. The summed E-state index contributed by atoms with van der Waals surface area (Å²) in [6.07, 6.45) is 0. The molecule has 0 bridgehead atoms. The Labute approximate surface area is 114 Å². The third-order valence-electron chi connectivity index (χ3n) is 3.37. The van der Waals surface area contributed by atoms with Crippen molar-refractivity contribution in [3.05, 3.63) is 34.9 Å². The molecule has 2 atom stereocenters. The summed E-state index contributed by atoms with van der Waals surface area (Å²) in [6.45, 7) is 4.60. The summed E-state index contributed by atoms with van der Waals surface area (Å²) in [6, 6.07) is 7.83. The largest absolute Gasteiger partial charge is 0.469 e. The number of hydrogen-bond acceptors (Lipinski definition) is 3. The van der Waals surface area contributed by atoms with E-state index in [2.05, 4.69) is 4.90 Å². The van der Waals surface area contributed by atoms with Crippen LogP contribution in [-0.4, -0.2) is 31.1 Å². The molecule has 100 valence electrons. The van der Waals surface area contributed by atoms with Crippen LogP contribution in [0.2, 0.25) is 5.02 Å². The number of carbonyl (C=O) groups excluding carboxylic acids is 1. The van der Waals surface area contributed by atoms with E-state index >= 15 is 0 Å². The molecule has 2 unspecified atom stereocenters. The molecule has 0 aliphatic rings. The van der Waals surface area contributed by atoms with E-state index in [-0.39, 0.29) is 17.9 Å². The Kier molecular flexibility index (Phi) is 5.63. The standard InChI is InChI=1S/C14H20ClNO2/c1-10(14(17)18-4)11(2)16(3)9-12-7-5-6-8-13(12)15/h5-8,10-11H,9H2,1-4H3. The average molecular weight is 270 g/mol. The van der Waals surface area contributed by atoms with Crippen molar-refractivity contribution >= 4 is 17.6 Å². The highest BCUT2D eigenvalue weighted by atomic mass is 35.5. The van der Waals surface area contributed by atoms with Crippen molar-refractivity contribution in [1.82, 2.24) is 4.90 Å². The molecule has 0 fully saturated rings. The predicted molar refractivity (Wildman–Crippen MR) is 73.6 cm³/mol. The summed E-state index contributed by atoms with van der Waals surface area (Å²) >= 11 is 6.12. The molecule has 0 heterocycles. The van der Waals surface area contributed by atoms with Gasteiger partial charge in [-0.3, -0.25) is 9.69 Å². The minimum Gasteiger partial charge on any atom is -0.469 e. The summed E-state index contributed by atoms with van der Waals surface area (Å²) < 4.78 is 4.77. The maximum Gasteiger partial charge on any atom is 0.309 e. The van der Waals surface area contributed by atoms with Crippen LogP contribution in [0.3, 0.4) is 0 Å². The Balaban J connectivity index is 2.68. The number of ether oxygens (including phenoxy) is 1. The molecular formula is C14H20ClNO2. The van der Waals surface area contributed by atoms with Crippen molar-refractivity contribution in [2.24, 2.45) is 5.92 Å². The number of methoxy groups -OCH3 is 1. The van der Waals surface area contributed by atoms with Crippen LogP contribution in [0.4, 0.5) is 0 Å². The first-order valence-electron chi connectivity index (χ1n) is 5.98. The van der Waals surface area contributed by atoms with Gasteiger partial charge in [-0.15, -0.1) is 0 Å². The normalized spacial score (nSPS) is 14.3. The molecule has 1 aromatic rings. The lowest BCUT2D eigenvalue weighted by molar-refractivity contribution is -0.146. The van der Waals surface area contributed by atoms with E-state index in [1.165, 1.54) is 7.11 Å². The number of nitrogens with zero attached hydrogens (tertiary/aromatic N) is 1. The van der Waals surface area contributed by atoms with Gasteiger partial charge in [0.1, 0.15) is 0 Å². The third kappa shape index (κ3) is 3.72. The van der Waals surface area contributed by atoms with Crippen LogP contribution < -0.4 is 0 Å². The summed E-state index contributed by atoms with van der Waals surface area (Å²) in [5.74, 6) is -0.351. The molecule has 0 N–H and O–H groups in total. The molecule has 0 saturated carbocycles. The molecule has 0 saturated heterocycles. The Bertz CT molecular complexity index is 409. The highest BCUT2D eigenvalue weighted by molar-refractivity contribution is 6.31. The fourth-order valence-corrected chi connectivity index (χ4v) is 2.00. The monoisotopic (exact) mass is 269 g/mol. The van der Waals surface area contributed by atoms with Gasteiger partial charge in [0.25, 0.3) is 0 Å². The third-order valence-corrected chi connectivity index (χ3v) is 3.74. The zero-order valence-electron chi connectivity index (χ0n) is 11.3. The van der Waals surface area contributed by atoms with Crippen LogP contribution in [0.15, 0.2) is 24.3 Å². The molecular weight excluding hydrogens is 250 g/mol. The van der Waals surface area contributed by atoms with Gasteiger partial charge in [0, 0.05) is 17.6 Å². The van der Waals surface area contributed by atoms with Crippen molar-refractivity contribution in [3.63, 3.8) is 0 Å². The molecule has 0 radical (unpaired) electrons. The lowest BCUT2D eigenvalue weighted by atomic mass is 10.0. The second-order valence-corrected chi connectivity index (χ2v) is 4.97. The number of esters is 1. The maximum absolute atomic E-state index is 11.5. The molecule has 1 aromatic carbocycles. The van der Waals surface area contributed by atoms with E-state index < -0.39 is 0 Å². The van der Waals surface area contributed by atoms with Crippen LogP contribution >= 0.6 is 11.6 Å². The second-order valence-electron chi connectivity index (χ2n) is 4.56. The van der Waals surface area contributed by atoms with Gasteiger partial charge in [-0.25, -0.2) is 0 Å². The van der Waals surface area contributed by atoms with Crippen LogP contribution in [-0.2, 0) is 16.1 Å². The Hall–Kier alpha value is -1.06. The van der Waals surface area contributed by atoms with Gasteiger partial charge in [-0.1, -0.05) is 36.7 Å². The van der Waals surface area contributed by atoms with Crippen molar-refractivity contribution in [2.75, 3.05) is 14.2 Å². The number of hydrogen-bond donors (Lipinski definition) is 0. The molecule has 3 nitrogen and oxygen atoms in total. The lowest BCUT2D eigenvalue weighted by Crippen LogP contribution is -2.38. The van der Waals surface area contributed by atoms with E-state index in [1.807, 2.05) is 45.2 Å². The van der Waals surface area contributed by atoms with E-state index in [0.29, 0.717) is 6.54 Å². The van der Waals surface area contributed by atoms with E-state index in [4.69, 9.17) is 16.3 Å². The van der Waals surface area contributed by atoms with Crippen molar-refractivity contribution in [1.29, 1.82) is 0 Å². The zero-order valence-corrected chi connectivity index (χ0v) is 12.1. The number of benzene rings is 1. The van der Waals surface area contributed by atoms with Gasteiger partial charge in [-0.2, -0.15) is 0 Å². The van der Waals surface area contributed by atoms with Crippen molar-refractivity contribution in [2.45, 2.75) is 26.4 Å². The van der Waals surface area contributed by atoms with Gasteiger partial charge in [0.2, 0.25) is 0 Å². The summed E-state index contributed by atoms with van der Waals surface area (Å²) in [7, 11) is 3.40. The number of halogens is 1. The number of rotatable bonds is 5. The fourth-order valence-electron chi connectivity index (χ4n) is 1.80. The summed E-state index contributed by atoms with van der Waals surface area (Å²) in [5, 5.41) is 0.752. The van der Waals surface area contributed by atoms with E-state index in [1.54, 1.807) is 0 Å². The minimum absolute atomic E-state index is 0.0914. The van der Waals surface area contributed by atoms with Crippen molar-refractivity contribution < 1.29 is 9.53 Å². The SMILES string of the molecule is COC(=O)C(C)C(C)N(C)Cc1ccccc1Cl. The maximum atomic E-state index is 11.5. The van der Waals surface area contributed by atoms with Crippen LogP contribution in [0.25, 0.3) is 0 Å². The first kappa shape index (κ1) is 15.0. The Morgan fingerprint density at radius 1 is 1.39 bits per heavy atom. The van der Waals surface area contributed by atoms with Gasteiger partial charge < -0.3 is 4.74 Å². The van der Waals surface area contributed by atoms with Gasteiger partial charge in [0.05, 0.1) is 13.0 Å².